The Morgan fingerprint density at radius 2 is 1.26 bits per heavy atom. The number of rotatable bonds is 11. The van der Waals surface area contributed by atoms with Gasteiger partial charge in [-0.15, -0.1) is 0 Å². The molecule has 0 aromatic carbocycles. The largest absolute Gasteiger partial charge is 0.394 e. The number of hydrogen-bond acceptors (Lipinski definition) is 16. The molecule has 0 aromatic rings. The number of carbonyl (C=O) groups is 5. The Hall–Kier alpha value is -2.09. The van der Waals surface area contributed by atoms with Crippen LogP contribution in [-0.2, 0) is 38.2 Å². The fourth-order valence-corrected chi connectivity index (χ4v) is 5.44. The number of Topliss-reactive ketones (excluding diaryl/α,β-unsaturated/α-hetero) is 5. The van der Waals surface area contributed by atoms with Crippen LogP contribution in [0.1, 0.15) is 41.0 Å². The molecular formula is C23H34O16. The molecule has 16 heteroatoms. The molecule has 0 aromatic heterocycles. The third-order valence-corrected chi connectivity index (χ3v) is 7.66. The van der Waals surface area contributed by atoms with E-state index in [1.807, 2.05) is 0 Å². The summed E-state index contributed by atoms with van der Waals surface area (Å²) in [7, 11) is 0. The molecule has 0 amide bonds. The van der Waals surface area contributed by atoms with Gasteiger partial charge >= 0.3 is 0 Å². The van der Waals surface area contributed by atoms with E-state index < -0.39 is 107 Å². The van der Waals surface area contributed by atoms with Gasteiger partial charge in [-0.05, 0) is 27.7 Å². The zero-order chi connectivity index (χ0) is 30.6. The van der Waals surface area contributed by atoms with Crippen LogP contribution in [-0.4, -0.2) is 142 Å². The first-order valence-corrected chi connectivity index (χ1v) is 11.8. The highest BCUT2D eigenvalue weighted by atomic mass is 16.8. The van der Waals surface area contributed by atoms with Gasteiger partial charge in [-0.1, -0.05) is 6.92 Å². The zero-order valence-corrected chi connectivity index (χ0v) is 21.9. The second-order valence-electron chi connectivity index (χ2n) is 9.68. The summed E-state index contributed by atoms with van der Waals surface area (Å²) in [4.78, 5) is 65.8. The lowest BCUT2D eigenvalue weighted by molar-refractivity contribution is -0.460. The third-order valence-electron chi connectivity index (χ3n) is 7.66. The van der Waals surface area contributed by atoms with Crippen LogP contribution in [0.5, 0.6) is 0 Å². The highest BCUT2D eigenvalue weighted by molar-refractivity contribution is 6.12. The van der Waals surface area contributed by atoms with E-state index in [0.29, 0.717) is 27.7 Å². The maximum Gasteiger partial charge on any atom is 0.273 e. The molecule has 9 atom stereocenters. The molecule has 2 rings (SSSR count). The summed E-state index contributed by atoms with van der Waals surface area (Å²) in [6, 6.07) is 0. The number of ketones is 5. The van der Waals surface area contributed by atoms with Gasteiger partial charge < -0.3 is 55.1 Å². The predicted molar refractivity (Wildman–Crippen MR) is 121 cm³/mol. The van der Waals surface area contributed by atoms with Crippen LogP contribution in [0.25, 0.3) is 0 Å². The van der Waals surface area contributed by atoms with Crippen molar-refractivity contribution in [2.45, 2.75) is 93.3 Å². The molecule has 0 saturated carbocycles. The van der Waals surface area contributed by atoms with Crippen LogP contribution in [0.4, 0.5) is 0 Å². The lowest BCUT2D eigenvalue weighted by Crippen LogP contribution is -2.95. The van der Waals surface area contributed by atoms with E-state index in [2.05, 4.69) is 0 Å². The van der Waals surface area contributed by atoms with Gasteiger partial charge in [-0.2, -0.15) is 0 Å². The Morgan fingerprint density at radius 3 is 1.56 bits per heavy atom. The average Bonchev–Trinajstić information content (AvgIpc) is 3.12. The normalized spacial score (nSPS) is 44.2. The minimum absolute atomic E-state index is 0.477. The quantitative estimate of drug-likeness (QED) is 0.116. The minimum Gasteiger partial charge on any atom is -0.394 e. The first-order valence-electron chi connectivity index (χ1n) is 11.8. The number of carbonyl (C=O) groups excluding carboxylic acids is 5. The molecule has 222 valence electrons. The number of ether oxygens (including phenoxy) is 3. The van der Waals surface area contributed by atoms with Crippen LogP contribution in [0.2, 0.25) is 0 Å². The Labute approximate surface area is 221 Å². The Bertz CT molecular complexity index is 1060. The molecule has 0 bridgehead atoms. The van der Waals surface area contributed by atoms with Crippen molar-refractivity contribution in [2.75, 3.05) is 19.8 Å². The van der Waals surface area contributed by atoms with Crippen molar-refractivity contribution in [3.63, 3.8) is 0 Å². The van der Waals surface area contributed by atoms with Gasteiger partial charge in [0.05, 0.1) is 13.2 Å². The van der Waals surface area contributed by atoms with Crippen molar-refractivity contribution in [3.05, 3.63) is 0 Å². The molecule has 2 heterocycles. The molecule has 0 aliphatic carbocycles. The topological polar surface area (TPSA) is 275 Å². The highest BCUT2D eigenvalue weighted by Crippen LogP contribution is 2.58. The minimum atomic E-state index is -4.19. The van der Waals surface area contributed by atoms with Gasteiger partial charge in [0.1, 0.15) is 24.9 Å². The van der Waals surface area contributed by atoms with E-state index in [1.165, 1.54) is 0 Å². The van der Waals surface area contributed by atoms with Crippen LogP contribution >= 0.6 is 0 Å². The van der Waals surface area contributed by atoms with E-state index >= 15 is 0 Å². The van der Waals surface area contributed by atoms with Gasteiger partial charge in [-0.3, -0.25) is 24.0 Å². The van der Waals surface area contributed by atoms with Crippen LogP contribution in [0.15, 0.2) is 0 Å². The van der Waals surface area contributed by atoms with Crippen molar-refractivity contribution in [1.29, 1.82) is 0 Å². The molecular weight excluding hydrogens is 532 g/mol. The summed E-state index contributed by atoms with van der Waals surface area (Å²) >= 11 is 0. The fourth-order valence-electron chi connectivity index (χ4n) is 5.44. The van der Waals surface area contributed by atoms with Crippen molar-refractivity contribution in [2.24, 2.45) is 0 Å². The molecule has 2 aliphatic heterocycles. The second kappa shape index (κ2) is 10.4. The van der Waals surface area contributed by atoms with Gasteiger partial charge in [0.15, 0.2) is 34.5 Å². The zero-order valence-electron chi connectivity index (χ0n) is 21.9. The lowest BCUT2D eigenvalue weighted by Gasteiger charge is -2.65. The van der Waals surface area contributed by atoms with Crippen molar-refractivity contribution < 1.29 is 79.0 Å². The standard InChI is InChI=1S/C23H34O16/c1-6-15(31)23(39-19(9-26)17(33)16(32)14(7-24)37-19)22(36,13(5)30)21(35,12(4)29)20(34,11(3)28)18(8-25,38-23)10(2)27/h14,16-17,24-26,32-36H,6-9H2,1-5H3/t14-,16-,17+,18+,19?,20-,21+,22-,23+/m1/s1. The Balaban J connectivity index is 3.22. The lowest BCUT2D eigenvalue weighted by atomic mass is 9.53. The van der Waals surface area contributed by atoms with E-state index in [1.54, 1.807) is 0 Å². The SMILES string of the molecule is CCC(=O)[C@@]1(OC2(CO)O[C@H](CO)[C@@H](O)[C@@H]2O)O[C@@](CO)(C(C)=O)[C@](O)(C(C)=O)[C@@](O)(C(C)=O)[C@]1(O)C(C)=O. The van der Waals surface area contributed by atoms with Crippen molar-refractivity contribution in [3.8, 4) is 0 Å². The van der Waals surface area contributed by atoms with Crippen molar-refractivity contribution >= 4 is 28.9 Å². The maximum atomic E-state index is 13.6. The smallest absolute Gasteiger partial charge is 0.273 e. The molecule has 2 fully saturated rings. The van der Waals surface area contributed by atoms with Gasteiger partial charge in [0, 0.05) is 6.42 Å². The fraction of sp³-hybridized carbons (Fsp3) is 0.783. The Kier molecular flexibility index (Phi) is 8.82. The van der Waals surface area contributed by atoms with Crippen molar-refractivity contribution in [1.82, 2.24) is 0 Å². The molecule has 0 radical (unpaired) electrons. The molecule has 39 heavy (non-hydrogen) atoms. The number of aliphatic hydroxyl groups excluding tert-OH is 5. The maximum absolute atomic E-state index is 13.6. The Morgan fingerprint density at radius 1 is 0.769 bits per heavy atom. The summed E-state index contributed by atoms with van der Waals surface area (Å²) in [5.41, 5.74) is -15.8. The van der Waals surface area contributed by atoms with E-state index in [0.717, 1.165) is 6.92 Å². The molecule has 2 saturated heterocycles. The summed E-state index contributed by atoms with van der Waals surface area (Å²) in [5.74, 6) is -15.3. The third kappa shape index (κ3) is 3.75. The molecule has 16 nitrogen and oxygen atoms in total. The molecule has 1 unspecified atom stereocenters. The molecule has 0 spiro atoms. The summed E-state index contributed by atoms with van der Waals surface area (Å²) in [5, 5.41) is 86.5. The molecule has 2 aliphatic rings. The number of aliphatic hydroxyl groups is 8. The monoisotopic (exact) mass is 566 g/mol. The van der Waals surface area contributed by atoms with Gasteiger partial charge in [0.25, 0.3) is 5.79 Å². The number of hydrogen-bond donors (Lipinski definition) is 8. The highest BCUT2D eigenvalue weighted by Gasteiger charge is 2.90. The van der Waals surface area contributed by atoms with Crippen LogP contribution < -0.4 is 0 Å². The van der Waals surface area contributed by atoms with E-state index in [4.69, 9.17) is 14.2 Å². The second-order valence-corrected chi connectivity index (χ2v) is 9.68. The molecule has 8 N–H and O–H groups in total. The average molecular weight is 567 g/mol. The summed E-state index contributed by atoms with van der Waals surface area (Å²) in [6.07, 6.45) is -6.96. The summed E-state index contributed by atoms with van der Waals surface area (Å²) < 4.78 is 16.2. The van der Waals surface area contributed by atoms with E-state index in [9.17, 15) is 64.8 Å². The van der Waals surface area contributed by atoms with Gasteiger partial charge in [-0.25, -0.2) is 0 Å². The first kappa shape index (κ1) is 33.1. The van der Waals surface area contributed by atoms with Gasteiger partial charge in [0.2, 0.25) is 22.6 Å². The summed E-state index contributed by atoms with van der Waals surface area (Å²) in [6.45, 7) is -1.09. The van der Waals surface area contributed by atoms with E-state index in [-0.39, 0.29) is 0 Å². The van der Waals surface area contributed by atoms with Crippen LogP contribution in [0.3, 0.4) is 0 Å². The van der Waals surface area contributed by atoms with Crippen LogP contribution in [0, 0.1) is 0 Å². The predicted octanol–water partition coefficient (Wildman–Crippen LogP) is -5.21. The first-order chi connectivity index (χ1) is 17.8.